The number of aliphatic carboxylic acids is 1. The zero-order valence-corrected chi connectivity index (χ0v) is 13.4. The highest BCUT2D eigenvalue weighted by Gasteiger charge is 2.20. The van der Waals surface area contributed by atoms with E-state index in [-0.39, 0.29) is 25.1 Å². The van der Waals surface area contributed by atoms with Gasteiger partial charge in [-0.2, -0.15) is 0 Å². The molecule has 8 heteroatoms. The van der Waals surface area contributed by atoms with Crippen LogP contribution in [0.5, 0.6) is 0 Å². The van der Waals surface area contributed by atoms with E-state index in [1.54, 1.807) is 6.92 Å². The molecule has 23 heavy (non-hydrogen) atoms. The van der Waals surface area contributed by atoms with Gasteiger partial charge in [0.25, 0.3) is 0 Å². The maximum absolute atomic E-state index is 12.1. The third-order valence-electron chi connectivity index (χ3n) is 3.90. The second-order valence-electron chi connectivity index (χ2n) is 5.91. The number of ether oxygens (including phenoxy) is 1. The van der Waals surface area contributed by atoms with Gasteiger partial charge in [0, 0.05) is 0 Å². The molecule has 0 saturated heterocycles. The minimum atomic E-state index is -0.990. The maximum Gasteiger partial charge on any atom is 0.325 e. The van der Waals surface area contributed by atoms with Crippen LogP contribution in [0.2, 0.25) is 0 Å². The van der Waals surface area contributed by atoms with Crippen molar-refractivity contribution in [1.82, 2.24) is 20.3 Å². The molecule has 1 amide bonds. The lowest BCUT2D eigenvalue weighted by molar-refractivity contribution is -0.138. The second-order valence-corrected chi connectivity index (χ2v) is 5.91. The van der Waals surface area contributed by atoms with Crippen LogP contribution in [0.4, 0.5) is 0 Å². The van der Waals surface area contributed by atoms with Gasteiger partial charge in [-0.3, -0.25) is 9.59 Å². The molecule has 0 aliphatic heterocycles. The Labute approximate surface area is 135 Å². The Morgan fingerprint density at radius 1 is 1.39 bits per heavy atom. The van der Waals surface area contributed by atoms with Crippen LogP contribution >= 0.6 is 0 Å². The van der Waals surface area contributed by atoms with Crippen LogP contribution in [-0.4, -0.2) is 44.2 Å². The average molecular weight is 324 g/mol. The predicted molar refractivity (Wildman–Crippen MR) is 81.5 cm³/mol. The maximum atomic E-state index is 12.1. The smallest absolute Gasteiger partial charge is 0.325 e. The van der Waals surface area contributed by atoms with E-state index in [9.17, 15) is 9.59 Å². The van der Waals surface area contributed by atoms with Gasteiger partial charge in [0.1, 0.15) is 18.3 Å². The molecule has 8 nitrogen and oxygen atoms in total. The highest BCUT2D eigenvalue weighted by atomic mass is 16.5. The Bertz CT molecular complexity index is 523. The molecule has 1 atom stereocenters. The molecule has 0 aromatic carbocycles. The molecule has 2 N–H and O–H groups in total. The van der Waals surface area contributed by atoms with Crippen LogP contribution in [0.15, 0.2) is 6.20 Å². The summed E-state index contributed by atoms with van der Waals surface area (Å²) in [4.78, 5) is 22.6. The average Bonchev–Trinajstić information content (AvgIpc) is 2.78. The predicted octanol–water partition coefficient (Wildman–Crippen LogP) is 1.11. The fraction of sp³-hybridized carbons (Fsp3) is 0.733. The van der Waals surface area contributed by atoms with Crippen LogP contribution in [-0.2, 0) is 27.4 Å². The molecule has 1 unspecified atom stereocenters. The Kier molecular flexibility index (Phi) is 6.52. The molecule has 2 rings (SSSR count). The Morgan fingerprint density at radius 2 is 2.09 bits per heavy atom. The first-order chi connectivity index (χ1) is 11.0. The van der Waals surface area contributed by atoms with Gasteiger partial charge in [0.05, 0.1) is 18.8 Å². The summed E-state index contributed by atoms with van der Waals surface area (Å²) in [5.41, 5.74) is 0.515. The number of hydrogen-bond acceptors (Lipinski definition) is 5. The number of nitrogens with zero attached hydrogens (tertiary/aromatic N) is 3. The van der Waals surface area contributed by atoms with Crippen molar-refractivity contribution in [2.75, 3.05) is 0 Å². The number of nitrogens with one attached hydrogen (secondary N) is 1. The fourth-order valence-corrected chi connectivity index (χ4v) is 2.69. The van der Waals surface area contributed by atoms with Crippen molar-refractivity contribution in [1.29, 1.82) is 0 Å². The van der Waals surface area contributed by atoms with Crippen LogP contribution in [0.3, 0.4) is 0 Å². The Balaban J connectivity index is 1.74. The lowest BCUT2D eigenvalue weighted by Crippen LogP contribution is -2.36. The first-order valence-corrected chi connectivity index (χ1v) is 8.08. The topological polar surface area (TPSA) is 106 Å². The minimum Gasteiger partial charge on any atom is -0.480 e. The van der Waals surface area contributed by atoms with Crippen molar-refractivity contribution in [2.45, 2.75) is 70.7 Å². The van der Waals surface area contributed by atoms with Crippen molar-refractivity contribution in [3.05, 3.63) is 11.9 Å². The lowest BCUT2D eigenvalue weighted by Gasteiger charge is -2.20. The number of carbonyl (C=O) groups excluding carboxylic acids is 1. The molecule has 1 fully saturated rings. The number of aromatic nitrogens is 3. The molecular weight excluding hydrogens is 300 g/mol. The van der Waals surface area contributed by atoms with Crippen molar-refractivity contribution < 1.29 is 19.4 Å². The molecule has 1 heterocycles. The molecular formula is C15H24N4O4. The van der Waals surface area contributed by atoms with Crippen LogP contribution in [0.1, 0.15) is 51.1 Å². The molecule has 128 valence electrons. The summed E-state index contributed by atoms with van der Waals surface area (Å²) in [6.45, 7) is 1.71. The third-order valence-corrected chi connectivity index (χ3v) is 3.90. The first kappa shape index (κ1) is 17.4. The van der Waals surface area contributed by atoms with Crippen molar-refractivity contribution in [3.63, 3.8) is 0 Å². The van der Waals surface area contributed by atoms with E-state index in [0.29, 0.717) is 5.69 Å². The molecule has 1 aliphatic rings. The van der Waals surface area contributed by atoms with Crippen molar-refractivity contribution in [2.24, 2.45) is 0 Å². The Hall–Kier alpha value is -1.96. The van der Waals surface area contributed by atoms with E-state index in [4.69, 9.17) is 9.84 Å². The van der Waals surface area contributed by atoms with Gasteiger partial charge in [-0.05, 0) is 19.8 Å². The van der Waals surface area contributed by atoms with E-state index in [0.717, 1.165) is 25.7 Å². The normalized spacial score (nSPS) is 17.4. The summed E-state index contributed by atoms with van der Waals surface area (Å²) in [5.74, 6) is -1.18. The molecule has 1 aromatic rings. The standard InChI is InChI=1S/C15H24N4O4/c1-11(23-13-6-4-2-3-5-7-13)15(22)16-8-12-9-19(18-17-12)10-14(20)21/h9,11,13H,2-8,10H2,1H3,(H,16,22)(H,20,21). The molecule has 0 radical (unpaired) electrons. The van der Waals surface area contributed by atoms with Crippen molar-refractivity contribution >= 4 is 11.9 Å². The second kappa shape index (κ2) is 8.61. The summed E-state index contributed by atoms with van der Waals surface area (Å²) in [5, 5.41) is 18.9. The van der Waals surface area contributed by atoms with Crippen LogP contribution in [0.25, 0.3) is 0 Å². The molecule has 0 spiro atoms. The SMILES string of the molecule is CC(OC1CCCCCC1)C(=O)NCc1cn(CC(=O)O)nn1. The van der Waals surface area contributed by atoms with E-state index >= 15 is 0 Å². The number of carboxylic acids is 1. The van der Waals surface area contributed by atoms with Gasteiger partial charge in [-0.1, -0.05) is 30.9 Å². The molecule has 0 bridgehead atoms. The van der Waals surface area contributed by atoms with E-state index < -0.39 is 12.1 Å². The number of rotatable bonds is 7. The summed E-state index contributed by atoms with van der Waals surface area (Å²) in [6, 6.07) is 0. The van der Waals surface area contributed by atoms with E-state index in [1.165, 1.54) is 23.7 Å². The van der Waals surface area contributed by atoms with Crippen molar-refractivity contribution in [3.8, 4) is 0 Å². The largest absolute Gasteiger partial charge is 0.480 e. The zero-order chi connectivity index (χ0) is 16.7. The lowest BCUT2D eigenvalue weighted by atomic mass is 10.1. The first-order valence-electron chi connectivity index (χ1n) is 8.08. The van der Waals surface area contributed by atoms with Gasteiger partial charge in [-0.25, -0.2) is 4.68 Å². The third kappa shape index (κ3) is 5.97. The Morgan fingerprint density at radius 3 is 2.74 bits per heavy atom. The van der Waals surface area contributed by atoms with Gasteiger partial charge in [0.15, 0.2) is 0 Å². The number of carboxylic acid groups (broad SMARTS) is 1. The fourth-order valence-electron chi connectivity index (χ4n) is 2.69. The number of hydrogen-bond donors (Lipinski definition) is 2. The number of amides is 1. The highest BCUT2D eigenvalue weighted by molar-refractivity contribution is 5.80. The summed E-state index contributed by atoms with van der Waals surface area (Å²) >= 11 is 0. The molecule has 1 saturated carbocycles. The highest BCUT2D eigenvalue weighted by Crippen LogP contribution is 2.20. The van der Waals surface area contributed by atoms with Crippen LogP contribution < -0.4 is 5.32 Å². The van der Waals surface area contributed by atoms with Gasteiger partial charge >= 0.3 is 5.97 Å². The molecule has 1 aliphatic carbocycles. The van der Waals surface area contributed by atoms with Gasteiger partial charge < -0.3 is 15.2 Å². The summed E-state index contributed by atoms with van der Waals surface area (Å²) in [6.07, 6.45) is 7.99. The van der Waals surface area contributed by atoms with E-state index in [1.807, 2.05) is 0 Å². The van der Waals surface area contributed by atoms with Crippen LogP contribution in [0, 0.1) is 0 Å². The van der Waals surface area contributed by atoms with E-state index in [2.05, 4.69) is 15.6 Å². The quantitative estimate of drug-likeness (QED) is 0.728. The zero-order valence-electron chi connectivity index (χ0n) is 13.4. The van der Waals surface area contributed by atoms with Gasteiger partial charge in [0.2, 0.25) is 5.91 Å². The summed E-state index contributed by atoms with van der Waals surface area (Å²) < 4.78 is 7.07. The molecule has 1 aromatic heterocycles. The van der Waals surface area contributed by atoms with Gasteiger partial charge in [-0.15, -0.1) is 5.10 Å². The number of carbonyl (C=O) groups is 2. The summed E-state index contributed by atoms with van der Waals surface area (Å²) in [7, 11) is 0. The minimum absolute atomic E-state index is 0.162. The monoisotopic (exact) mass is 324 g/mol.